The van der Waals surface area contributed by atoms with Crippen LogP contribution in [0.15, 0.2) is 47.5 Å². The van der Waals surface area contributed by atoms with E-state index in [-0.39, 0.29) is 24.1 Å². The minimum atomic E-state index is -0.294. The topological polar surface area (TPSA) is 133 Å². The first-order valence-corrected chi connectivity index (χ1v) is 9.11. The van der Waals surface area contributed by atoms with E-state index >= 15 is 0 Å². The molecule has 0 saturated heterocycles. The fourth-order valence-electron chi connectivity index (χ4n) is 2.90. The Morgan fingerprint density at radius 3 is 2.86 bits per heavy atom. The van der Waals surface area contributed by atoms with Gasteiger partial charge in [0.15, 0.2) is 5.82 Å². The number of nitrogens with zero attached hydrogens (tertiary/aromatic N) is 4. The van der Waals surface area contributed by atoms with E-state index in [0.29, 0.717) is 17.3 Å². The standard InChI is InChI=1S/C19H20N8O2/c1-11(2)21-16(28)10-27-6-5-12(8-17(27)29)18-23-19(26-25-18)22-14-3-4-15-13(7-14)9-20-24-15/h3-9,11H,10H2,1-2H3,(H,20,24)(H,21,28)(H2,22,23,25,26). The van der Waals surface area contributed by atoms with Crippen molar-refractivity contribution in [2.75, 3.05) is 5.32 Å². The van der Waals surface area contributed by atoms with Crippen LogP contribution >= 0.6 is 0 Å². The summed E-state index contributed by atoms with van der Waals surface area (Å²) in [6.07, 6.45) is 3.31. The van der Waals surface area contributed by atoms with Gasteiger partial charge >= 0.3 is 0 Å². The van der Waals surface area contributed by atoms with Crippen LogP contribution in [0.25, 0.3) is 22.3 Å². The zero-order chi connectivity index (χ0) is 20.4. The summed E-state index contributed by atoms with van der Waals surface area (Å²) in [5.41, 5.74) is 2.05. The van der Waals surface area contributed by atoms with Gasteiger partial charge in [-0.15, -0.1) is 5.10 Å². The maximum absolute atomic E-state index is 12.3. The molecule has 1 aromatic carbocycles. The van der Waals surface area contributed by atoms with Crippen LogP contribution in [0.3, 0.4) is 0 Å². The van der Waals surface area contributed by atoms with Crippen LogP contribution < -0.4 is 16.2 Å². The lowest BCUT2D eigenvalue weighted by Crippen LogP contribution is -2.35. The molecule has 0 unspecified atom stereocenters. The molecule has 4 N–H and O–H groups in total. The van der Waals surface area contributed by atoms with E-state index in [4.69, 9.17) is 0 Å². The third-order valence-electron chi connectivity index (χ3n) is 4.21. The maximum Gasteiger partial charge on any atom is 0.251 e. The van der Waals surface area contributed by atoms with Gasteiger partial charge in [-0.2, -0.15) is 10.1 Å². The zero-order valence-corrected chi connectivity index (χ0v) is 15.9. The van der Waals surface area contributed by atoms with Crippen molar-refractivity contribution in [3.63, 3.8) is 0 Å². The van der Waals surface area contributed by atoms with Crippen molar-refractivity contribution in [3.8, 4) is 11.4 Å². The summed E-state index contributed by atoms with van der Waals surface area (Å²) in [4.78, 5) is 28.6. The van der Waals surface area contributed by atoms with Crippen molar-refractivity contribution in [2.45, 2.75) is 26.4 Å². The van der Waals surface area contributed by atoms with Crippen molar-refractivity contribution in [3.05, 3.63) is 53.1 Å². The first kappa shape index (κ1) is 18.4. The average Bonchev–Trinajstić information content (AvgIpc) is 3.32. The van der Waals surface area contributed by atoms with Gasteiger partial charge in [0.25, 0.3) is 5.56 Å². The minimum absolute atomic E-state index is 0.0202. The Balaban J connectivity index is 1.49. The van der Waals surface area contributed by atoms with Gasteiger partial charge in [-0.3, -0.25) is 19.8 Å². The number of carbonyl (C=O) groups is 1. The van der Waals surface area contributed by atoms with Crippen LogP contribution in [-0.4, -0.2) is 41.9 Å². The number of aromatic nitrogens is 6. The smallest absolute Gasteiger partial charge is 0.251 e. The van der Waals surface area contributed by atoms with Crippen molar-refractivity contribution in [1.82, 2.24) is 35.3 Å². The summed E-state index contributed by atoms with van der Waals surface area (Å²) in [6, 6.07) is 8.88. The van der Waals surface area contributed by atoms with Crippen molar-refractivity contribution in [2.24, 2.45) is 0 Å². The van der Waals surface area contributed by atoms with Gasteiger partial charge < -0.3 is 15.2 Å². The first-order chi connectivity index (χ1) is 14.0. The molecule has 4 rings (SSSR count). The average molecular weight is 392 g/mol. The molecular formula is C19H20N8O2. The molecule has 0 aliphatic rings. The first-order valence-electron chi connectivity index (χ1n) is 9.11. The third-order valence-corrected chi connectivity index (χ3v) is 4.21. The second-order valence-corrected chi connectivity index (χ2v) is 6.91. The van der Waals surface area contributed by atoms with Gasteiger partial charge in [0.05, 0.1) is 11.7 Å². The highest BCUT2D eigenvalue weighted by Crippen LogP contribution is 2.20. The van der Waals surface area contributed by atoms with Gasteiger partial charge in [-0.1, -0.05) is 0 Å². The second-order valence-electron chi connectivity index (χ2n) is 6.91. The second kappa shape index (κ2) is 7.58. The summed E-state index contributed by atoms with van der Waals surface area (Å²) in [7, 11) is 0. The molecule has 148 valence electrons. The molecule has 0 spiro atoms. The number of H-pyrrole nitrogens is 2. The number of rotatable bonds is 6. The molecule has 10 nitrogen and oxygen atoms in total. The summed E-state index contributed by atoms with van der Waals surface area (Å²) < 4.78 is 1.34. The Kier molecular flexibility index (Phi) is 4.82. The number of fused-ring (bicyclic) bond motifs is 1. The molecule has 3 heterocycles. The number of amides is 1. The number of anilines is 2. The Hall–Kier alpha value is -3.95. The molecule has 0 aliphatic heterocycles. The molecule has 4 aromatic rings. The van der Waals surface area contributed by atoms with Crippen molar-refractivity contribution in [1.29, 1.82) is 0 Å². The molecule has 0 fully saturated rings. The molecule has 0 aliphatic carbocycles. The zero-order valence-electron chi connectivity index (χ0n) is 15.9. The van der Waals surface area contributed by atoms with Gasteiger partial charge in [0, 0.05) is 34.9 Å². The van der Waals surface area contributed by atoms with E-state index in [1.54, 1.807) is 18.5 Å². The van der Waals surface area contributed by atoms with Crippen LogP contribution in [0.4, 0.5) is 11.6 Å². The Labute approximate surface area is 165 Å². The molecule has 0 radical (unpaired) electrons. The SMILES string of the molecule is CC(C)NC(=O)Cn1ccc(-c2nc(Nc3ccc4[nH]ncc4c3)n[nH]2)cc1=O. The molecule has 1 amide bonds. The highest BCUT2D eigenvalue weighted by molar-refractivity contribution is 5.82. The highest BCUT2D eigenvalue weighted by Gasteiger charge is 2.10. The summed E-state index contributed by atoms with van der Waals surface area (Å²) >= 11 is 0. The van der Waals surface area contributed by atoms with Crippen LogP contribution in [0, 0.1) is 0 Å². The normalized spacial score (nSPS) is 11.1. The van der Waals surface area contributed by atoms with Crippen LogP contribution in [0.5, 0.6) is 0 Å². The quantitative estimate of drug-likeness (QED) is 0.395. The van der Waals surface area contributed by atoms with Crippen LogP contribution in [0.2, 0.25) is 0 Å². The predicted octanol–water partition coefficient (Wildman–Crippen LogP) is 1.78. The van der Waals surface area contributed by atoms with E-state index < -0.39 is 0 Å². The monoisotopic (exact) mass is 392 g/mol. The van der Waals surface area contributed by atoms with Gasteiger partial charge in [-0.05, 0) is 38.1 Å². The van der Waals surface area contributed by atoms with E-state index in [1.165, 1.54) is 10.6 Å². The van der Waals surface area contributed by atoms with Crippen LogP contribution in [0.1, 0.15) is 13.8 Å². The highest BCUT2D eigenvalue weighted by atomic mass is 16.2. The molecule has 0 atom stereocenters. The van der Waals surface area contributed by atoms with E-state index in [2.05, 4.69) is 36.0 Å². The maximum atomic E-state index is 12.3. The molecule has 0 saturated carbocycles. The number of pyridine rings is 1. The largest absolute Gasteiger partial charge is 0.352 e. The van der Waals surface area contributed by atoms with E-state index in [9.17, 15) is 9.59 Å². The molecule has 0 bridgehead atoms. The molecular weight excluding hydrogens is 372 g/mol. The number of nitrogens with one attached hydrogen (secondary N) is 4. The fourth-order valence-corrected chi connectivity index (χ4v) is 2.90. The molecule has 29 heavy (non-hydrogen) atoms. The summed E-state index contributed by atoms with van der Waals surface area (Å²) in [5, 5.41) is 20.7. The lowest BCUT2D eigenvalue weighted by Gasteiger charge is -2.10. The summed E-state index contributed by atoms with van der Waals surface area (Å²) in [5.74, 6) is 0.617. The number of hydrogen-bond acceptors (Lipinski definition) is 6. The number of aromatic amines is 2. The van der Waals surface area contributed by atoms with Gasteiger partial charge in [0.2, 0.25) is 11.9 Å². The minimum Gasteiger partial charge on any atom is -0.352 e. The number of hydrogen-bond donors (Lipinski definition) is 4. The number of carbonyl (C=O) groups excluding carboxylic acids is 1. The van der Waals surface area contributed by atoms with Crippen molar-refractivity contribution >= 4 is 28.4 Å². The number of benzene rings is 1. The van der Waals surface area contributed by atoms with Gasteiger partial charge in [0.1, 0.15) is 6.54 Å². The van der Waals surface area contributed by atoms with E-state index in [0.717, 1.165) is 16.6 Å². The van der Waals surface area contributed by atoms with E-state index in [1.807, 2.05) is 32.0 Å². The Morgan fingerprint density at radius 2 is 2.07 bits per heavy atom. The lowest BCUT2D eigenvalue weighted by molar-refractivity contribution is -0.122. The lowest BCUT2D eigenvalue weighted by atomic mass is 10.2. The van der Waals surface area contributed by atoms with Gasteiger partial charge in [-0.25, -0.2) is 0 Å². The Bertz CT molecular complexity index is 1220. The fraction of sp³-hybridized carbons (Fsp3) is 0.211. The predicted molar refractivity (Wildman–Crippen MR) is 109 cm³/mol. The Morgan fingerprint density at radius 1 is 1.21 bits per heavy atom. The third kappa shape index (κ3) is 4.15. The van der Waals surface area contributed by atoms with Crippen molar-refractivity contribution < 1.29 is 4.79 Å². The molecule has 3 aromatic heterocycles. The van der Waals surface area contributed by atoms with Crippen LogP contribution in [-0.2, 0) is 11.3 Å². The molecule has 10 heteroatoms. The summed E-state index contributed by atoms with van der Waals surface area (Å²) in [6.45, 7) is 3.70.